The molecule has 2 rings (SSSR count). The van der Waals surface area contributed by atoms with Crippen LogP contribution >= 0.6 is 0 Å². The monoisotopic (exact) mass is 258 g/mol. The highest BCUT2D eigenvalue weighted by molar-refractivity contribution is 7.89. The molecule has 0 bridgehead atoms. The number of rotatable bonds is 5. The van der Waals surface area contributed by atoms with Crippen molar-refractivity contribution in [3.8, 4) is 0 Å². The van der Waals surface area contributed by atoms with Gasteiger partial charge >= 0.3 is 0 Å². The third-order valence-electron chi connectivity index (χ3n) is 2.83. The predicted octanol–water partition coefficient (Wildman–Crippen LogP) is 0.973. The second kappa shape index (κ2) is 4.72. The summed E-state index contributed by atoms with van der Waals surface area (Å²) in [7, 11) is -3.65. The summed E-state index contributed by atoms with van der Waals surface area (Å²) in [5, 5.41) is 0. The largest absolute Gasteiger partial charge is 0.326 e. The Morgan fingerprint density at radius 1 is 1.41 bits per heavy atom. The van der Waals surface area contributed by atoms with Crippen LogP contribution in [0.4, 0.5) is 4.39 Å². The van der Waals surface area contributed by atoms with Crippen LogP contribution in [-0.2, 0) is 16.6 Å². The van der Waals surface area contributed by atoms with Crippen LogP contribution in [0, 0.1) is 11.7 Å². The summed E-state index contributed by atoms with van der Waals surface area (Å²) < 4.78 is 39.8. The Morgan fingerprint density at radius 2 is 2.12 bits per heavy atom. The molecule has 94 valence electrons. The summed E-state index contributed by atoms with van der Waals surface area (Å²) in [6, 6.07) is 3.96. The molecule has 1 aliphatic carbocycles. The SMILES string of the molecule is NCc1c(F)cccc1S(=O)(=O)NCC1CC1. The normalized spacial score (nSPS) is 16.1. The fourth-order valence-electron chi connectivity index (χ4n) is 1.62. The van der Waals surface area contributed by atoms with Gasteiger partial charge in [-0.25, -0.2) is 17.5 Å². The smallest absolute Gasteiger partial charge is 0.241 e. The number of benzene rings is 1. The number of nitrogens with one attached hydrogen (secondary N) is 1. The molecule has 0 radical (unpaired) electrons. The minimum Gasteiger partial charge on any atom is -0.326 e. The summed E-state index contributed by atoms with van der Waals surface area (Å²) in [6.45, 7) is 0.287. The molecule has 0 aromatic heterocycles. The molecule has 0 saturated heterocycles. The van der Waals surface area contributed by atoms with Crippen molar-refractivity contribution in [3.05, 3.63) is 29.6 Å². The fourth-order valence-corrected chi connectivity index (χ4v) is 2.99. The van der Waals surface area contributed by atoms with Gasteiger partial charge in [0.15, 0.2) is 0 Å². The molecule has 0 heterocycles. The number of halogens is 1. The van der Waals surface area contributed by atoms with Gasteiger partial charge in [0.05, 0.1) is 4.90 Å². The van der Waals surface area contributed by atoms with E-state index in [0.29, 0.717) is 12.5 Å². The lowest BCUT2D eigenvalue weighted by Crippen LogP contribution is -2.27. The lowest BCUT2D eigenvalue weighted by Gasteiger charge is -2.10. The molecule has 1 saturated carbocycles. The molecule has 1 aromatic rings. The van der Waals surface area contributed by atoms with E-state index in [1.54, 1.807) is 0 Å². The summed E-state index contributed by atoms with van der Waals surface area (Å²) in [5.74, 6) is -0.151. The van der Waals surface area contributed by atoms with Gasteiger partial charge < -0.3 is 5.73 Å². The van der Waals surface area contributed by atoms with Crippen molar-refractivity contribution in [3.63, 3.8) is 0 Å². The molecule has 1 aliphatic rings. The Hall–Kier alpha value is -0.980. The van der Waals surface area contributed by atoms with Gasteiger partial charge in [0.25, 0.3) is 0 Å². The Kier molecular flexibility index (Phi) is 3.46. The van der Waals surface area contributed by atoms with Crippen molar-refractivity contribution in [1.82, 2.24) is 4.72 Å². The number of hydrogen-bond donors (Lipinski definition) is 2. The van der Waals surface area contributed by atoms with E-state index in [1.807, 2.05) is 0 Å². The molecule has 1 aromatic carbocycles. The van der Waals surface area contributed by atoms with Crippen molar-refractivity contribution >= 4 is 10.0 Å². The molecular weight excluding hydrogens is 243 g/mol. The summed E-state index contributed by atoms with van der Waals surface area (Å²) in [4.78, 5) is -0.0550. The first-order chi connectivity index (χ1) is 8.04. The molecule has 3 N–H and O–H groups in total. The van der Waals surface area contributed by atoms with Crippen LogP contribution < -0.4 is 10.5 Å². The zero-order valence-electron chi connectivity index (χ0n) is 9.32. The highest BCUT2D eigenvalue weighted by Crippen LogP contribution is 2.28. The molecule has 0 aliphatic heterocycles. The minimum atomic E-state index is -3.65. The Morgan fingerprint density at radius 3 is 2.71 bits per heavy atom. The van der Waals surface area contributed by atoms with Gasteiger partial charge in [0.2, 0.25) is 10.0 Å². The van der Waals surface area contributed by atoms with Crippen molar-refractivity contribution in [2.45, 2.75) is 24.3 Å². The molecule has 0 spiro atoms. The first kappa shape index (κ1) is 12.5. The minimum absolute atomic E-state index is 0.0378. The number of sulfonamides is 1. The van der Waals surface area contributed by atoms with E-state index in [2.05, 4.69) is 4.72 Å². The average molecular weight is 258 g/mol. The van der Waals surface area contributed by atoms with Gasteiger partial charge in [-0.3, -0.25) is 0 Å². The first-order valence-corrected chi connectivity index (χ1v) is 7.00. The number of nitrogens with two attached hydrogens (primary N) is 1. The summed E-state index contributed by atoms with van der Waals surface area (Å²) >= 11 is 0. The van der Waals surface area contributed by atoms with Crippen molar-refractivity contribution in [2.24, 2.45) is 11.7 Å². The van der Waals surface area contributed by atoms with Crippen molar-refractivity contribution < 1.29 is 12.8 Å². The Bertz CT molecular complexity index is 512. The van der Waals surface area contributed by atoms with E-state index in [1.165, 1.54) is 18.2 Å². The van der Waals surface area contributed by atoms with Gasteiger partial charge in [0.1, 0.15) is 5.82 Å². The fraction of sp³-hybridized carbons (Fsp3) is 0.455. The standard InChI is InChI=1S/C11H15FN2O2S/c12-10-2-1-3-11(9(10)6-13)17(15,16)14-7-8-4-5-8/h1-3,8,14H,4-7,13H2. The van der Waals surface area contributed by atoms with Crippen LogP contribution in [0.1, 0.15) is 18.4 Å². The maximum atomic E-state index is 13.4. The second-order valence-electron chi connectivity index (χ2n) is 4.22. The lowest BCUT2D eigenvalue weighted by molar-refractivity contribution is 0.568. The van der Waals surface area contributed by atoms with E-state index < -0.39 is 15.8 Å². The highest BCUT2D eigenvalue weighted by atomic mass is 32.2. The third-order valence-corrected chi connectivity index (χ3v) is 4.34. The predicted molar refractivity (Wildman–Crippen MR) is 62.2 cm³/mol. The van der Waals surface area contributed by atoms with E-state index in [0.717, 1.165) is 12.8 Å². The highest BCUT2D eigenvalue weighted by Gasteiger charge is 2.25. The van der Waals surface area contributed by atoms with Crippen molar-refractivity contribution in [1.29, 1.82) is 0 Å². The van der Waals surface area contributed by atoms with Gasteiger partial charge in [-0.15, -0.1) is 0 Å². The second-order valence-corrected chi connectivity index (χ2v) is 5.95. The van der Waals surface area contributed by atoms with Gasteiger partial charge in [0, 0.05) is 18.7 Å². The van der Waals surface area contributed by atoms with Crippen LogP contribution in [0.3, 0.4) is 0 Å². The molecular formula is C11H15FN2O2S. The molecule has 6 heteroatoms. The maximum absolute atomic E-state index is 13.4. The van der Waals surface area contributed by atoms with Crippen LogP contribution in [0.25, 0.3) is 0 Å². The molecule has 0 amide bonds. The summed E-state index contributed by atoms with van der Waals surface area (Å²) in [5.41, 5.74) is 5.42. The molecule has 1 fully saturated rings. The summed E-state index contributed by atoms with van der Waals surface area (Å²) in [6.07, 6.45) is 2.10. The Labute approximate surface area is 100 Å². The zero-order valence-corrected chi connectivity index (χ0v) is 10.1. The van der Waals surface area contributed by atoms with Gasteiger partial charge in [-0.05, 0) is 30.9 Å². The molecule has 0 atom stereocenters. The lowest BCUT2D eigenvalue weighted by atomic mass is 10.2. The van der Waals surface area contributed by atoms with E-state index >= 15 is 0 Å². The molecule has 17 heavy (non-hydrogen) atoms. The van der Waals surface area contributed by atoms with Crippen LogP contribution in [0.15, 0.2) is 23.1 Å². The van der Waals surface area contributed by atoms with Crippen LogP contribution in [-0.4, -0.2) is 15.0 Å². The Balaban J connectivity index is 2.27. The van der Waals surface area contributed by atoms with E-state index in [-0.39, 0.29) is 17.0 Å². The van der Waals surface area contributed by atoms with Gasteiger partial charge in [-0.1, -0.05) is 6.07 Å². The average Bonchev–Trinajstić information content (AvgIpc) is 3.10. The third kappa shape index (κ3) is 2.83. The van der Waals surface area contributed by atoms with Gasteiger partial charge in [-0.2, -0.15) is 0 Å². The van der Waals surface area contributed by atoms with Crippen LogP contribution in [0.2, 0.25) is 0 Å². The quantitative estimate of drug-likeness (QED) is 0.826. The topological polar surface area (TPSA) is 72.2 Å². The molecule has 4 nitrogen and oxygen atoms in total. The number of hydrogen-bond acceptors (Lipinski definition) is 3. The molecule has 0 unspecified atom stereocenters. The van der Waals surface area contributed by atoms with E-state index in [4.69, 9.17) is 5.73 Å². The van der Waals surface area contributed by atoms with Crippen molar-refractivity contribution in [2.75, 3.05) is 6.54 Å². The van der Waals surface area contributed by atoms with Crippen LogP contribution in [0.5, 0.6) is 0 Å². The van der Waals surface area contributed by atoms with E-state index in [9.17, 15) is 12.8 Å². The first-order valence-electron chi connectivity index (χ1n) is 5.51. The maximum Gasteiger partial charge on any atom is 0.241 e. The zero-order chi connectivity index (χ0) is 12.5.